The first kappa shape index (κ1) is 19.6. The first-order valence-corrected chi connectivity index (χ1v) is 10.0. The molecule has 8 heteroatoms. The van der Waals surface area contributed by atoms with Crippen molar-refractivity contribution < 1.29 is 8.78 Å². The number of nitrogens with one attached hydrogen (secondary N) is 2. The van der Waals surface area contributed by atoms with Gasteiger partial charge in [-0.25, -0.2) is 13.8 Å². The van der Waals surface area contributed by atoms with Gasteiger partial charge in [0.05, 0.1) is 5.51 Å². The van der Waals surface area contributed by atoms with Crippen molar-refractivity contribution in [2.75, 3.05) is 24.1 Å². The lowest BCUT2D eigenvalue weighted by Crippen LogP contribution is -2.13. The third kappa shape index (κ3) is 5.41. The molecule has 2 N–H and O–H groups in total. The van der Waals surface area contributed by atoms with Gasteiger partial charge < -0.3 is 14.9 Å². The zero-order valence-electron chi connectivity index (χ0n) is 15.0. The Morgan fingerprint density at radius 2 is 1.81 bits per heavy atom. The fourth-order valence-corrected chi connectivity index (χ4v) is 3.74. The molecule has 0 unspecified atom stereocenters. The van der Waals surface area contributed by atoms with E-state index in [2.05, 4.69) is 26.0 Å². The van der Waals surface area contributed by atoms with E-state index in [1.54, 1.807) is 10.9 Å². The van der Waals surface area contributed by atoms with Crippen LogP contribution in [0, 0.1) is 11.6 Å². The highest BCUT2D eigenvalue weighted by Crippen LogP contribution is 2.29. The molecular weight excluding hydrogens is 386 g/mol. The maximum atomic E-state index is 14.4. The molecule has 27 heavy (non-hydrogen) atoms. The van der Waals surface area contributed by atoms with Crippen LogP contribution in [0.3, 0.4) is 0 Å². The maximum absolute atomic E-state index is 14.4. The molecule has 0 saturated carbocycles. The average Bonchev–Trinajstić information content (AvgIpc) is 3.13. The van der Waals surface area contributed by atoms with E-state index >= 15 is 0 Å². The van der Waals surface area contributed by atoms with Crippen LogP contribution in [-0.2, 0) is 13.1 Å². The van der Waals surface area contributed by atoms with E-state index in [1.165, 1.54) is 29.0 Å². The van der Waals surface area contributed by atoms with Crippen molar-refractivity contribution in [1.82, 2.24) is 9.88 Å². The molecule has 0 aliphatic carbocycles. The first-order chi connectivity index (χ1) is 13.0. The molecule has 1 aromatic heterocycles. The highest BCUT2D eigenvalue weighted by atomic mass is 32.2. The molecule has 0 aliphatic rings. The summed E-state index contributed by atoms with van der Waals surface area (Å²) in [6, 6.07) is 10.6. The molecule has 0 atom stereocenters. The molecule has 0 bridgehead atoms. The van der Waals surface area contributed by atoms with Crippen LogP contribution in [-0.4, -0.2) is 24.0 Å². The van der Waals surface area contributed by atoms with E-state index in [-0.39, 0.29) is 4.90 Å². The van der Waals surface area contributed by atoms with Crippen molar-refractivity contribution in [3.8, 4) is 0 Å². The number of anilines is 2. The molecule has 4 nitrogen and oxygen atoms in total. The van der Waals surface area contributed by atoms with E-state index in [1.807, 2.05) is 32.3 Å². The van der Waals surface area contributed by atoms with Crippen molar-refractivity contribution in [1.29, 1.82) is 0 Å². The summed E-state index contributed by atoms with van der Waals surface area (Å²) in [7, 11) is 4.01. The van der Waals surface area contributed by atoms with Gasteiger partial charge in [0.15, 0.2) is 0 Å². The summed E-state index contributed by atoms with van der Waals surface area (Å²) in [4.78, 5) is 6.03. The summed E-state index contributed by atoms with van der Waals surface area (Å²) in [5.41, 5.74) is 4.32. The Balaban J connectivity index is 1.68. The summed E-state index contributed by atoms with van der Waals surface area (Å²) in [6.45, 7) is 1.30. The van der Waals surface area contributed by atoms with Crippen LogP contribution in [0.4, 0.5) is 20.3 Å². The molecule has 3 rings (SSSR count). The summed E-state index contributed by atoms with van der Waals surface area (Å²) >= 11 is 2.28. The smallest absolute Gasteiger partial charge is 0.147 e. The molecule has 3 aromatic rings. The second-order valence-electron chi connectivity index (χ2n) is 6.21. The van der Waals surface area contributed by atoms with Crippen LogP contribution in [0.15, 0.2) is 52.2 Å². The van der Waals surface area contributed by atoms with Gasteiger partial charge in [-0.2, -0.15) is 0 Å². The number of hydrogen-bond acceptors (Lipinski definition) is 6. The Kier molecular flexibility index (Phi) is 6.65. The van der Waals surface area contributed by atoms with Crippen LogP contribution in [0.25, 0.3) is 0 Å². The SMILES string of the molecule is CN(C)Cc1ccccc1CNc1cc(F)c(SNc2cscn2)c(F)c1. The number of thiazole rings is 1. The largest absolute Gasteiger partial charge is 0.381 e. The number of halogens is 2. The molecule has 1 heterocycles. The molecule has 142 valence electrons. The Morgan fingerprint density at radius 3 is 2.44 bits per heavy atom. The fourth-order valence-electron chi connectivity index (χ4n) is 2.55. The molecule has 0 radical (unpaired) electrons. The van der Waals surface area contributed by atoms with Crippen LogP contribution < -0.4 is 10.0 Å². The monoisotopic (exact) mass is 406 g/mol. The van der Waals surface area contributed by atoms with Gasteiger partial charge in [0.25, 0.3) is 0 Å². The topological polar surface area (TPSA) is 40.2 Å². The number of hydrogen-bond donors (Lipinski definition) is 2. The quantitative estimate of drug-likeness (QED) is 0.502. The second kappa shape index (κ2) is 9.16. The lowest BCUT2D eigenvalue weighted by molar-refractivity contribution is 0.401. The van der Waals surface area contributed by atoms with Crippen molar-refractivity contribution in [3.63, 3.8) is 0 Å². The Morgan fingerprint density at radius 1 is 1.11 bits per heavy atom. The van der Waals surface area contributed by atoms with Crippen LogP contribution in [0.1, 0.15) is 11.1 Å². The predicted octanol–water partition coefficient (Wildman–Crippen LogP) is 5.21. The predicted molar refractivity (Wildman–Crippen MR) is 109 cm³/mol. The lowest BCUT2D eigenvalue weighted by Gasteiger charge is -2.15. The molecule has 0 saturated heterocycles. The van der Waals surface area contributed by atoms with Gasteiger partial charge in [-0.05, 0) is 49.3 Å². The van der Waals surface area contributed by atoms with E-state index in [9.17, 15) is 8.78 Å². The van der Waals surface area contributed by atoms with Gasteiger partial charge in [-0.1, -0.05) is 24.3 Å². The summed E-state index contributed by atoms with van der Waals surface area (Å²) in [5, 5.41) is 4.88. The van der Waals surface area contributed by atoms with Crippen molar-refractivity contribution in [3.05, 3.63) is 70.1 Å². The summed E-state index contributed by atoms with van der Waals surface area (Å²) < 4.78 is 31.5. The van der Waals surface area contributed by atoms with E-state index < -0.39 is 11.6 Å². The standard InChI is InChI=1S/C19H20F2N4S2/c1-25(2)10-14-6-4-3-5-13(14)9-22-15-7-16(20)19(17(21)8-15)27-24-18-11-26-12-23-18/h3-8,11-12,22,24H,9-10H2,1-2H3. The van der Waals surface area contributed by atoms with Crippen molar-refractivity contribution >= 4 is 34.8 Å². The van der Waals surface area contributed by atoms with Gasteiger partial charge >= 0.3 is 0 Å². The fraction of sp³-hybridized carbons (Fsp3) is 0.211. The molecule has 2 aromatic carbocycles. The minimum atomic E-state index is -0.619. The molecule has 0 aliphatic heterocycles. The highest BCUT2D eigenvalue weighted by molar-refractivity contribution is 8.00. The van der Waals surface area contributed by atoms with Crippen LogP contribution >= 0.6 is 23.3 Å². The Hall–Kier alpha value is -2.16. The minimum Gasteiger partial charge on any atom is -0.381 e. The summed E-state index contributed by atoms with van der Waals surface area (Å²) in [6.07, 6.45) is 0. The molecule has 0 amide bonds. The average molecular weight is 407 g/mol. The molecular formula is C19H20F2N4S2. The van der Waals surface area contributed by atoms with Crippen molar-refractivity contribution in [2.24, 2.45) is 0 Å². The van der Waals surface area contributed by atoms with Gasteiger partial charge in [0.1, 0.15) is 22.3 Å². The lowest BCUT2D eigenvalue weighted by atomic mass is 10.1. The number of rotatable bonds is 8. The molecule has 0 fully saturated rings. The van der Waals surface area contributed by atoms with E-state index in [0.717, 1.165) is 24.1 Å². The summed E-state index contributed by atoms with van der Waals surface area (Å²) in [5.74, 6) is -0.665. The number of aromatic nitrogens is 1. The second-order valence-corrected chi connectivity index (χ2v) is 7.74. The van der Waals surface area contributed by atoms with E-state index in [4.69, 9.17) is 0 Å². The normalized spacial score (nSPS) is 11.0. The Labute approximate surface area is 165 Å². The van der Waals surface area contributed by atoms with Gasteiger partial charge in [-0.15, -0.1) is 11.3 Å². The van der Waals surface area contributed by atoms with E-state index in [0.29, 0.717) is 18.1 Å². The highest BCUT2D eigenvalue weighted by Gasteiger charge is 2.13. The minimum absolute atomic E-state index is 0.0819. The van der Waals surface area contributed by atoms with Crippen LogP contribution in [0.5, 0.6) is 0 Å². The zero-order chi connectivity index (χ0) is 19.2. The van der Waals surface area contributed by atoms with Gasteiger partial charge in [-0.3, -0.25) is 0 Å². The van der Waals surface area contributed by atoms with Crippen molar-refractivity contribution in [2.45, 2.75) is 18.0 Å². The Bertz CT molecular complexity index is 862. The van der Waals surface area contributed by atoms with Crippen LogP contribution in [0.2, 0.25) is 0 Å². The zero-order valence-corrected chi connectivity index (χ0v) is 16.6. The third-order valence-electron chi connectivity index (χ3n) is 3.78. The van der Waals surface area contributed by atoms with Gasteiger partial charge in [0, 0.05) is 24.2 Å². The van der Waals surface area contributed by atoms with Gasteiger partial charge in [0.2, 0.25) is 0 Å². The third-order valence-corrected chi connectivity index (χ3v) is 5.27. The number of benzene rings is 2. The maximum Gasteiger partial charge on any atom is 0.147 e. The molecule has 0 spiro atoms. The number of nitrogens with zero attached hydrogens (tertiary/aromatic N) is 2. The first-order valence-electron chi connectivity index (χ1n) is 8.28.